The quantitative estimate of drug-likeness (QED) is 0.133. The molecule has 6 aromatic rings. The van der Waals surface area contributed by atoms with E-state index in [9.17, 15) is 0 Å². The van der Waals surface area contributed by atoms with Crippen LogP contribution in [-0.4, -0.2) is 4.98 Å². The van der Waals surface area contributed by atoms with Gasteiger partial charge in [0.05, 0.1) is 5.52 Å². The number of nitrogens with zero attached hydrogens (tertiary/aromatic N) is 2. The number of pyridine rings is 1. The summed E-state index contributed by atoms with van der Waals surface area (Å²) in [6, 6.07) is 48.1. The Bertz CT molecular complexity index is 1460. The molecule has 0 saturated heterocycles. The van der Waals surface area contributed by atoms with Crippen molar-refractivity contribution in [1.82, 2.24) is 4.98 Å². The Kier molecular flexibility index (Phi) is 15.4. The maximum Gasteiger partial charge on any atom is 4.00 e. The molecule has 5 aromatic carbocycles. The van der Waals surface area contributed by atoms with Crippen LogP contribution in [0.2, 0.25) is 0 Å². The van der Waals surface area contributed by atoms with E-state index in [0.29, 0.717) is 5.92 Å². The van der Waals surface area contributed by atoms with E-state index in [1.807, 2.05) is 121 Å². The standard InChI is InChI=1S/C18H17N2.3C7H7.Hf/c1-13(2)15-9-3-4-10-16(15)20-17-11-5-7-14-8-6-12-19-18(14)17;3*1-7-5-3-2-4-6-7;/h3-13H,1-2H3;3*2-6H,1H2;/q4*-1;+4. The fraction of sp³-hybridized carbons (Fsp3) is 0.0769. The maximum atomic E-state index is 4.83. The van der Waals surface area contributed by atoms with Crippen molar-refractivity contribution in [3.05, 3.63) is 200 Å². The van der Waals surface area contributed by atoms with E-state index in [4.69, 9.17) is 5.32 Å². The summed E-state index contributed by atoms with van der Waals surface area (Å²) < 4.78 is 0. The number of rotatable bonds is 3. The summed E-state index contributed by atoms with van der Waals surface area (Å²) in [6.07, 6.45) is 1.82. The van der Waals surface area contributed by atoms with E-state index < -0.39 is 0 Å². The summed E-state index contributed by atoms with van der Waals surface area (Å²) in [4.78, 5) is 4.46. The van der Waals surface area contributed by atoms with Crippen molar-refractivity contribution < 1.29 is 25.8 Å². The van der Waals surface area contributed by atoms with E-state index >= 15 is 0 Å². The Morgan fingerprint density at radius 3 is 1.38 bits per heavy atom. The Labute approximate surface area is 271 Å². The molecular weight excluding hydrogens is 675 g/mol. The van der Waals surface area contributed by atoms with Crippen LogP contribution >= 0.6 is 0 Å². The van der Waals surface area contributed by atoms with Crippen LogP contribution in [0.5, 0.6) is 0 Å². The SMILES string of the molecule is CC(C)c1ccccc1[N-]c1cccc2cccnc12.[CH2-]c1ccccc1.[CH2-]c1ccccc1.[CH2-]c1ccccc1.[Hf+4]. The number of aromatic nitrogens is 1. The van der Waals surface area contributed by atoms with Gasteiger partial charge in [-0.2, -0.15) is 73.9 Å². The Hall–Kier alpha value is -4.21. The minimum Gasteiger partial charge on any atom is -0.656 e. The largest absolute Gasteiger partial charge is 4.00 e. The topological polar surface area (TPSA) is 27.0 Å². The molecule has 0 radical (unpaired) electrons. The smallest absolute Gasteiger partial charge is 0.656 e. The summed E-state index contributed by atoms with van der Waals surface area (Å²) >= 11 is 0. The van der Waals surface area contributed by atoms with Crippen molar-refractivity contribution >= 4 is 22.3 Å². The Balaban J connectivity index is 0.000000229. The van der Waals surface area contributed by atoms with Gasteiger partial charge in [-0.25, -0.2) is 0 Å². The fourth-order valence-corrected chi connectivity index (χ4v) is 3.82. The summed E-state index contributed by atoms with van der Waals surface area (Å²) in [5, 5.41) is 5.95. The number of benzene rings is 5. The third kappa shape index (κ3) is 12.1. The van der Waals surface area contributed by atoms with Gasteiger partial charge < -0.3 is 5.32 Å². The monoisotopic (exact) mass is 714 g/mol. The minimum absolute atomic E-state index is 0. The second-order valence-electron chi connectivity index (χ2n) is 9.63. The van der Waals surface area contributed by atoms with Crippen molar-refractivity contribution in [3.8, 4) is 0 Å². The molecule has 0 spiro atoms. The first-order valence-electron chi connectivity index (χ1n) is 13.7. The molecule has 0 N–H and O–H groups in total. The van der Waals surface area contributed by atoms with Crippen molar-refractivity contribution in [2.75, 3.05) is 0 Å². The van der Waals surface area contributed by atoms with Gasteiger partial charge in [-0.05, 0) is 17.4 Å². The average Bonchev–Trinajstić information content (AvgIpc) is 3.00. The molecule has 0 atom stereocenters. The molecule has 0 amide bonds. The zero-order chi connectivity index (χ0) is 29.3. The molecule has 0 aliphatic heterocycles. The van der Waals surface area contributed by atoms with Gasteiger partial charge in [0.25, 0.3) is 0 Å². The summed E-state index contributed by atoms with van der Waals surface area (Å²) in [7, 11) is 0. The van der Waals surface area contributed by atoms with Crippen LogP contribution in [0.25, 0.3) is 16.2 Å². The van der Waals surface area contributed by atoms with Crippen LogP contribution in [0, 0.1) is 20.8 Å². The average molecular weight is 713 g/mol. The molecule has 1 aromatic heterocycles. The molecule has 0 unspecified atom stereocenters. The van der Waals surface area contributed by atoms with E-state index in [1.54, 1.807) is 0 Å². The molecular formula is C39H38HfN2. The van der Waals surface area contributed by atoms with Crippen LogP contribution in [0.4, 0.5) is 11.4 Å². The second kappa shape index (κ2) is 19.0. The Morgan fingerprint density at radius 1 is 0.500 bits per heavy atom. The molecule has 0 bridgehead atoms. The zero-order valence-corrected chi connectivity index (χ0v) is 28.1. The predicted molar refractivity (Wildman–Crippen MR) is 178 cm³/mol. The first-order valence-corrected chi connectivity index (χ1v) is 13.7. The molecule has 0 aliphatic carbocycles. The third-order valence-corrected chi connectivity index (χ3v) is 5.94. The van der Waals surface area contributed by atoms with Gasteiger partial charge in [0, 0.05) is 6.20 Å². The van der Waals surface area contributed by atoms with Gasteiger partial charge in [-0.1, -0.05) is 86.1 Å². The van der Waals surface area contributed by atoms with E-state index in [2.05, 4.69) is 69.9 Å². The number of para-hydroxylation sites is 2. The third-order valence-electron chi connectivity index (χ3n) is 5.94. The second-order valence-corrected chi connectivity index (χ2v) is 9.63. The van der Waals surface area contributed by atoms with E-state index in [0.717, 1.165) is 39.0 Å². The van der Waals surface area contributed by atoms with Gasteiger partial charge in [0.2, 0.25) is 0 Å². The zero-order valence-electron chi connectivity index (χ0n) is 24.5. The normalized spacial score (nSPS) is 9.50. The van der Waals surface area contributed by atoms with Crippen LogP contribution in [0.15, 0.2) is 152 Å². The number of hydrogen-bond acceptors (Lipinski definition) is 1. The minimum atomic E-state index is 0. The molecule has 208 valence electrons. The first kappa shape index (κ1) is 34.0. The molecule has 1 heterocycles. The molecule has 0 saturated carbocycles. The van der Waals surface area contributed by atoms with Crippen molar-refractivity contribution in [1.29, 1.82) is 0 Å². The van der Waals surface area contributed by atoms with Gasteiger partial charge in [-0.15, -0.1) is 47.8 Å². The van der Waals surface area contributed by atoms with Crippen LogP contribution in [0.1, 0.15) is 42.0 Å². The first-order chi connectivity index (χ1) is 19.9. The summed E-state index contributed by atoms with van der Waals surface area (Å²) in [6.45, 7) is 15.5. The van der Waals surface area contributed by atoms with Crippen LogP contribution < -0.4 is 0 Å². The van der Waals surface area contributed by atoms with Gasteiger partial charge in [0.15, 0.2) is 0 Å². The molecule has 0 aliphatic rings. The van der Waals surface area contributed by atoms with Crippen LogP contribution in [0.3, 0.4) is 0 Å². The molecule has 2 nitrogen and oxygen atoms in total. The van der Waals surface area contributed by atoms with Gasteiger partial charge >= 0.3 is 25.8 Å². The fourth-order valence-electron chi connectivity index (χ4n) is 3.82. The van der Waals surface area contributed by atoms with E-state index in [1.165, 1.54) is 5.56 Å². The van der Waals surface area contributed by atoms with Crippen LogP contribution in [-0.2, 0) is 25.8 Å². The number of hydrogen-bond donors (Lipinski definition) is 0. The predicted octanol–water partition coefficient (Wildman–Crippen LogP) is 11.3. The summed E-state index contributed by atoms with van der Waals surface area (Å²) in [5.74, 6) is 0.456. The Morgan fingerprint density at radius 2 is 0.929 bits per heavy atom. The van der Waals surface area contributed by atoms with Crippen molar-refractivity contribution in [2.45, 2.75) is 19.8 Å². The molecule has 42 heavy (non-hydrogen) atoms. The number of fused-ring (bicyclic) bond motifs is 1. The molecule has 0 fully saturated rings. The molecule has 6 rings (SSSR count). The summed E-state index contributed by atoms with van der Waals surface area (Å²) in [5.41, 5.74) is 7.39. The van der Waals surface area contributed by atoms with Crippen molar-refractivity contribution in [3.63, 3.8) is 0 Å². The molecule has 3 heteroatoms. The van der Waals surface area contributed by atoms with E-state index in [-0.39, 0.29) is 25.8 Å². The van der Waals surface area contributed by atoms with Crippen molar-refractivity contribution in [2.24, 2.45) is 0 Å². The maximum absolute atomic E-state index is 4.83. The van der Waals surface area contributed by atoms with Gasteiger partial charge in [-0.3, -0.25) is 4.98 Å². The van der Waals surface area contributed by atoms with Gasteiger partial charge in [0.1, 0.15) is 0 Å².